The molecule has 0 aliphatic heterocycles. The van der Waals surface area contributed by atoms with Gasteiger partial charge in [-0.3, -0.25) is 5.01 Å². The Morgan fingerprint density at radius 1 is 1.37 bits per heavy atom. The Bertz CT molecular complexity index is 401. The summed E-state index contributed by atoms with van der Waals surface area (Å²) in [5.74, 6) is 0. The first-order chi connectivity index (χ1) is 8.83. The summed E-state index contributed by atoms with van der Waals surface area (Å²) in [6.45, 7) is 5.28. The molecule has 1 aromatic carbocycles. The molecule has 106 valence electrons. The number of benzene rings is 1. The second-order valence-electron chi connectivity index (χ2n) is 5.22. The lowest BCUT2D eigenvalue weighted by molar-refractivity contribution is -0.456. The van der Waals surface area contributed by atoms with Crippen molar-refractivity contribution in [3.63, 3.8) is 0 Å². The molecule has 1 unspecified atom stereocenters. The van der Waals surface area contributed by atoms with Crippen LogP contribution in [0.4, 0.5) is 4.79 Å². The predicted octanol–water partition coefficient (Wildman–Crippen LogP) is 1.29. The predicted molar refractivity (Wildman–Crippen MR) is 71.1 cm³/mol. The fraction of sp³-hybridized carbons (Fsp3) is 0.500. The number of amides is 1. The molecule has 0 radical (unpaired) electrons. The Morgan fingerprint density at radius 2 is 1.95 bits per heavy atom. The van der Waals surface area contributed by atoms with Crippen LogP contribution < -0.4 is 10.5 Å². The maximum absolute atomic E-state index is 12.1. The molecule has 1 atom stereocenters. The Labute approximate surface area is 114 Å². The number of ether oxygens (including phenoxy) is 1. The Kier molecular flexibility index (Phi) is 5.32. The monoisotopic (exact) mass is 265 g/mol. The fourth-order valence-corrected chi connectivity index (χ4v) is 1.57. The molecule has 0 heterocycles. The van der Waals surface area contributed by atoms with E-state index in [0.29, 0.717) is 0 Å². The summed E-state index contributed by atoms with van der Waals surface area (Å²) >= 11 is 0. The molecular formula is C14H21N2O3-. The summed E-state index contributed by atoms with van der Waals surface area (Å²) in [6, 6.07) is 9.31. The molecular weight excluding hydrogens is 244 g/mol. The Balaban J connectivity index is 2.66. The van der Waals surface area contributed by atoms with E-state index in [9.17, 15) is 9.90 Å². The lowest BCUT2D eigenvalue weighted by Gasteiger charge is -2.36. The third-order valence-electron chi connectivity index (χ3n) is 2.37. The van der Waals surface area contributed by atoms with Crippen molar-refractivity contribution >= 4 is 6.09 Å². The van der Waals surface area contributed by atoms with Crippen LogP contribution in [0.2, 0.25) is 0 Å². The van der Waals surface area contributed by atoms with Crippen molar-refractivity contribution < 1.29 is 14.6 Å². The highest BCUT2D eigenvalue weighted by atomic mass is 16.6. The Morgan fingerprint density at radius 3 is 2.42 bits per heavy atom. The van der Waals surface area contributed by atoms with Gasteiger partial charge in [0, 0.05) is 7.05 Å². The quantitative estimate of drug-likeness (QED) is 0.658. The molecule has 0 bridgehead atoms. The van der Waals surface area contributed by atoms with E-state index < -0.39 is 17.9 Å². The van der Waals surface area contributed by atoms with Crippen LogP contribution in [0.5, 0.6) is 0 Å². The molecule has 0 aliphatic carbocycles. The van der Waals surface area contributed by atoms with E-state index >= 15 is 0 Å². The minimum atomic E-state index is -1.23. The van der Waals surface area contributed by atoms with Crippen LogP contribution in [-0.2, 0) is 11.2 Å². The smallest absolute Gasteiger partial charge is 0.423 e. The van der Waals surface area contributed by atoms with Crippen molar-refractivity contribution in [3.8, 4) is 0 Å². The first kappa shape index (κ1) is 15.5. The number of hydrogen-bond acceptors (Lipinski definition) is 4. The molecule has 0 saturated heterocycles. The zero-order chi connectivity index (χ0) is 14.5. The number of carbonyl (C=O) groups excluding carboxylic acids is 1. The highest BCUT2D eigenvalue weighted by Gasteiger charge is 2.22. The molecule has 0 fully saturated rings. The van der Waals surface area contributed by atoms with E-state index in [1.54, 1.807) is 20.8 Å². The van der Waals surface area contributed by atoms with Gasteiger partial charge in [0.05, 0.1) is 0 Å². The highest BCUT2D eigenvalue weighted by Crippen LogP contribution is 2.11. The van der Waals surface area contributed by atoms with Gasteiger partial charge < -0.3 is 9.84 Å². The number of hydrazine groups is 1. The highest BCUT2D eigenvalue weighted by molar-refractivity contribution is 5.67. The van der Waals surface area contributed by atoms with Crippen LogP contribution >= 0.6 is 0 Å². The minimum Gasteiger partial charge on any atom is -0.835 e. The molecule has 5 nitrogen and oxygen atoms in total. The Hall–Kier alpha value is -1.59. The van der Waals surface area contributed by atoms with Crippen molar-refractivity contribution in [1.82, 2.24) is 10.4 Å². The lowest BCUT2D eigenvalue weighted by Crippen LogP contribution is -2.56. The van der Waals surface area contributed by atoms with Gasteiger partial charge in [0.2, 0.25) is 0 Å². The summed E-state index contributed by atoms with van der Waals surface area (Å²) in [7, 11) is 1.53. The van der Waals surface area contributed by atoms with Crippen LogP contribution in [0, 0.1) is 0 Å². The van der Waals surface area contributed by atoms with E-state index in [-0.39, 0.29) is 6.42 Å². The molecule has 19 heavy (non-hydrogen) atoms. The maximum atomic E-state index is 12.1. The molecule has 5 heteroatoms. The number of carbonyl (C=O) groups is 1. The number of nitrogens with zero attached hydrogens (tertiary/aromatic N) is 1. The molecule has 0 aliphatic rings. The van der Waals surface area contributed by atoms with Gasteiger partial charge in [-0.05, 0) is 39.0 Å². The van der Waals surface area contributed by atoms with Crippen molar-refractivity contribution in [2.45, 2.75) is 39.0 Å². The van der Waals surface area contributed by atoms with E-state index in [1.165, 1.54) is 7.05 Å². The van der Waals surface area contributed by atoms with Gasteiger partial charge in [-0.2, -0.15) is 0 Å². The largest absolute Gasteiger partial charge is 0.835 e. The van der Waals surface area contributed by atoms with E-state index in [2.05, 4.69) is 5.43 Å². The summed E-state index contributed by atoms with van der Waals surface area (Å²) in [5, 5.41) is 13.1. The van der Waals surface area contributed by atoms with Crippen molar-refractivity contribution in [2.24, 2.45) is 0 Å². The van der Waals surface area contributed by atoms with Crippen molar-refractivity contribution in [3.05, 3.63) is 35.9 Å². The molecule has 0 aromatic heterocycles. The third kappa shape index (κ3) is 5.28. The van der Waals surface area contributed by atoms with E-state index in [4.69, 9.17) is 4.74 Å². The van der Waals surface area contributed by atoms with Gasteiger partial charge in [0.25, 0.3) is 0 Å². The summed E-state index contributed by atoms with van der Waals surface area (Å²) in [4.78, 5) is 11.9. The SMILES string of the molecule is CNN(C(=O)OC(C)(C)C)C([O-])Cc1ccccc1. The average molecular weight is 265 g/mol. The maximum Gasteiger partial charge on any atom is 0.423 e. The number of nitrogens with one attached hydrogen (secondary N) is 1. The normalized spacial score (nSPS) is 12.9. The third-order valence-corrected chi connectivity index (χ3v) is 2.37. The standard InChI is InChI=1S/C14H21N2O3/c1-14(2,3)19-13(18)16(15-4)12(17)10-11-8-6-5-7-9-11/h5-9,12,15H,10H2,1-4H3/q-1. The van der Waals surface area contributed by atoms with Crippen molar-refractivity contribution in [2.75, 3.05) is 7.05 Å². The van der Waals surface area contributed by atoms with Gasteiger partial charge in [-0.15, -0.1) is 0 Å². The molecule has 1 amide bonds. The van der Waals surface area contributed by atoms with Gasteiger partial charge in [-0.25, -0.2) is 10.2 Å². The zero-order valence-corrected chi connectivity index (χ0v) is 11.8. The van der Waals surface area contributed by atoms with Gasteiger partial charge in [0.15, 0.2) is 0 Å². The first-order valence-electron chi connectivity index (χ1n) is 6.23. The average Bonchev–Trinajstić information content (AvgIpc) is 2.28. The minimum absolute atomic E-state index is 0.223. The summed E-state index contributed by atoms with van der Waals surface area (Å²) in [6.07, 6.45) is -1.67. The molecule has 1 aromatic rings. The topological polar surface area (TPSA) is 64.6 Å². The van der Waals surface area contributed by atoms with Crippen LogP contribution in [0.25, 0.3) is 0 Å². The second kappa shape index (κ2) is 6.54. The van der Waals surface area contributed by atoms with Gasteiger partial charge in [0.1, 0.15) is 5.60 Å². The van der Waals surface area contributed by atoms with Crippen LogP contribution in [-0.4, -0.2) is 30.0 Å². The van der Waals surface area contributed by atoms with Gasteiger partial charge >= 0.3 is 6.09 Å². The van der Waals surface area contributed by atoms with Crippen molar-refractivity contribution in [1.29, 1.82) is 0 Å². The molecule has 0 spiro atoms. The van der Waals surface area contributed by atoms with E-state index in [1.807, 2.05) is 30.3 Å². The number of rotatable bonds is 4. The van der Waals surface area contributed by atoms with Gasteiger partial charge in [-0.1, -0.05) is 30.3 Å². The summed E-state index contributed by atoms with van der Waals surface area (Å²) in [5.41, 5.74) is 2.85. The number of hydrogen-bond donors (Lipinski definition) is 1. The zero-order valence-electron chi connectivity index (χ0n) is 11.8. The fourth-order valence-electron chi connectivity index (χ4n) is 1.57. The van der Waals surface area contributed by atoms with E-state index in [0.717, 1.165) is 10.6 Å². The molecule has 1 rings (SSSR count). The molecule has 0 saturated carbocycles. The second-order valence-corrected chi connectivity index (χ2v) is 5.22. The van der Waals surface area contributed by atoms with Crippen LogP contribution in [0.1, 0.15) is 26.3 Å². The van der Waals surface area contributed by atoms with Crippen LogP contribution in [0.15, 0.2) is 30.3 Å². The summed E-state index contributed by atoms with van der Waals surface area (Å²) < 4.78 is 5.17. The van der Waals surface area contributed by atoms with Crippen LogP contribution in [0.3, 0.4) is 0 Å². The lowest BCUT2D eigenvalue weighted by atomic mass is 10.1. The molecule has 1 N–H and O–H groups in total. The first-order valence-corrected chi connectivity index (χ1v) is 6.23.